The van der Waals surface area contributed by atoms with Crippen molar-refractivity contribution >= 4 is 46.8 Å². The number of carbonyl (C=O) groups is 2. The SMILES string of the molecule is CC(C)NC(=O)[C@@H](Cc1ccccc1)N(Cc1ccccc1Cl)C(=O)CSCc1c(F)cccc1Cl. The molecule has 0 spiro atoms. The van der Waals surface area contributed by atoms with Gasteiger partial charge in [0.25, 0.3) is 0 Å². The van der Waals surface area contributed by atoms with Crippen LogP contribution >= 0.6 is 35.0 Å². The Morgan fingerprint density at radius 3 is 2.28 bits per heavy atom. The maximum Gasteiger partial charge on any atom is 0.243 e. The van der Waals surface area contributed by atoms with Gasteiger partial charge in [0.1, 0.15) is 11.9 Å². The standard InChI is InChI=1S/C28H29Cl2FN2O2S/c1-19(2)32-28(35)26(15-20-9-4-3-5-10-20)33(16-21-11-6-7-12-23(21)29)27(34)18-36-17-22-24(30)13-8-14-25(22)31/h3-14,19,26H,15-18H2,1-2H3,(H,32,35)/t26-/m1/s1. The predicted octanol–water partition coefficient (Wildman–Crippen LogP) is 6.53. The fourth-order valence-corrected chi connectivity index (χ4v) is 5.18. The minimum Gasteiger partial charge on any atom is -0.352 e. The highest BCUT2D eigenvalue weighted by Gasteiger charge is 2.31. The average molecular weight is 548 g/mol. The number of rotatable bonds is 11. The van der Waals surface area contributed by atoms with Crippen LogP contribution in [0.3, 0.4) is 0 Å². The zero-order chi connectivity index (χ0) is 26.1. The molecule has 4 nitrogen and oxygen atoms in total. The first-order chi connectivity index (χ1) is 17.3. The van der Waals surface area contributed by atoms with Gasteiger partial charge in [0.2, 0.25) is 11.8 Å². The molecule has 0 aliphatic heterocycles. The summed E-state index contributed by atoms with van der Waals surface area (Å²) in [5.74, 6) is -0.606. The van der Waals surface area contributed by atoms with Gasteiger partial charge >= 0.3 is 0 Å². The molecule has 36 heavy (non-hydrogen) atoms. The van der Waals surface area contributed by atoms with Crippen molar-refractivity contribution in [3.63, 3.8) is 0 Å². The lowest BCUT2D eigenvalue weighted by Crippen LogP contribution is -2.52. The van der Waals surface area contributed by atoms with Gasteiger partial charge in [0.05, 0.1) is 5.75 Å². The Kier molecular flexibility index (Phi) is 10.7. The zero-order valence-electron chi connectivity index (χ0n) is 20.2. The third-order valence-corrected chi connectivity index (χ3v) is 7.20. The zero-order valence-corrected chi connectivity index (χ0v) is 22.5. The van der Waals surface area contributed by atoms with Crippen molar-refractivity contribution in [2.75, 3.05) is 5.75 Å². The Hall–Kier alpha value is -2.54. The van der Waals surface area contributed by atoms with E-state index in [-0.39, 0.29) is 35.9 Å². The highest BCUT2D eigenvalue weighted by atomic mass is 35.5. The molecule has 0 aliphatic rings. The molecule has 0 unspecified atom stereocenters. The molecule has 8 heteroatoms. The summed E-state index contributed by atoms with van der Waals surface area (Å²) in [6.45, 7) is 3.93. The highest BCUT2D eigenvalue weighted by molar-refractivity contribution is 7.99. The number of benzene rings is 3. The first kappa shape index (κ1) is 28.0. The van der Waals surface area contributed by atoms with E-state index in [1.54, 1.807) is 23.1 Å². The molecule has 3 rings (SSSR count). The van der Waals surface area contributed by atoms with Gasteiger partial charge in [-0.3, -0.25) is 9.59 Å². The number of thioether (sulfide) groups is 1. The summed E-state index contributed by atoms with van der Waals surface area (Å²) in [5, 5.41) is 3.79. The van der Waals surface area contributed by atoms with Crippen LogP contribution in [0.15, 0.2) is 72.8 Å². The number of hydrogen-bond donors (Lipinski definition) is 1. The molecule has 3 aromatic carbocycles. The normalized spacial score (nSPS) is 11.8. The number of nitrogens with one attached hydrogen (secondary N) is 1. The fraction of sp³-hybridized carbons (Fsp3) is 0.286. The Morgan fingerprint density at radius 1 is 0.944 bits per heavy atom. The average Bonchev–Trinajstić information content (AvgIpc) is 2.84. The highest BCUT2D eigenvalue weighted by Crippen LogP contribution is 2.25. The molecule has 0 aromatic heterocycles. The molecule has 0 bridgehead atoms. The predicted molar refractivity (Wildman–Crippen MR) is 147 cm³/mol. The van der Waals surface area contributed by atoms with Gasteiger partial charge in [-0.1, -0.05) is 77.8 Å². The molecule has 190 valence electrons. The molecule has 0 saturated heterocycles. The van der Waals surface area contributed by atoms with Crippen molar-refractivity contribution in [1.82, 2.24) is 10.2 Å². The summed E-state index contributed by atoms with van der Waals surface area (Å²) < 4.78 is 14.2. The van der Waals surface area contributed by atoms with Crippen molar-refractivity contribution in [3.05, 3.63) is 105 Å². The Bertz CT molecular complexity index is 1160. The number of amides is 2. The van der Waals surface area contributed by atoms with Gasteiger partial charge in [0.15, 0.2) is 0 Å². The molecule has 0 heterocycles. The van der Waals surface area contributed by atoms with Crippen LogP contribution in [0.4, 0.5) is 4.39 Å². The van der Waals surface area contributed by atoms with E-state index in [9.17, 15) is 14.0 Å². The van der Waals surface area contributed by atoms with E-state index < -0.39 is 11.9 Å². The lowest BCUT2D eigenvalue weighted by atomic mass is 10.0. The number of hydrogen-bond acceptors (Lipinski definition) is 3. The molecule has 3 aromatic rings. The second kappa shape index (κ2) is 13.7. The van der Waals surface area contributed by atoms with Crippen molar-refractivity contribution in [2.24, 2.45) is 0 Å². The first-order valence-electron chi connectivity index (χ1n) is 11.6. The topological polar surface area (TPSA) is 49.4 Å². The van der Waals surface area contributed by atoms with E-state index >= 15 is 0 Å². The van der Waals surface area contributed by atoms with Crippen LogP contribution in [0.2, 0.25) is 10.0 Å². The Balaban J connectivity index is 1.88. The van der Waals surface area contributed by atoms with Gasteiger partial charge in [-0.2, -0.15) is 0 Å². The second-order valence-electron chi connectivity index (χ2n) is 8.67. The third-order valence-electron chi connectivity index (χ3n) is 5.53. The van der Waals surface area contributed by atoms with Gasteiger partial charge in [-0.05, 0) is 43.2 Å². The van der Waals surface area contributed by atoms with Crippen LogP contribution in [0, 0.1) is 5.82 Å². The van der Waals surface area contributed by atoms with Crippen molar-refractivity contribution in [1.29, 1.82) is 0 Å². The molecule has 0 fully saturated rings. The molecule has 0 saturated carbocycles. The maximum absolute atomic E-state index is 14.2. The quantitative estimate of drug-likeness (QED) is 0.297. The number of halogens is 3. The van der Waals surface area contributed by atoms with E-state index in [0.717, 1.165) is 11.1 Å². The van der Waals surface area contributed by atoms with Crippen LogP contribution in [0.1, 0.15) is 30.5 Å². The fourth-order valence-electron chi connectivity index (χ4n) is 3.74. The molecule has 0 radical (unpaired) electrons. The lowest BCUT2D eigenvalue weighted by Gasteiger charge is -2.32. The van der Waals surface area contributed by atoms with Crippen molar-refractivity contribution in [3.8, 4) is 0 Å². The van der Waals surface area contributed by atoms with Crippen LogP contribution in [0.25, 0.3) is 0 Å². The smallest absolute Gasteiger partial charge is 0.243 e. The molecular formula is C28H29Cl2FN2O2S. The maximum atomic E-state index is 14.2. The van der Waals surface area contributed by atoms with Gasteiger partial charge in [-0.25, -0.2) is 4.39 Å². The van der Waals surface area contributed by atoms with E-state index in [1.165, 1.54) is 17.8 Å². The summed E-state index contributed by atoms with van der Waals surface area (Å²) in [5.41, 5.74) is 2.03. The minimum atomic E-state index is -0.753. The largest absolute Gasteiger partial charge is 0.352 e. The summed E-state index contributed by atoms with van der Waals surface area (Å²) in [4.78, 5) is 28.5. The van der Waals surface area contributed by atoms with Gasteiger partial charge in [-0.15, -0.1) is 11.8 Å². The molecular weight excluding hydrogens is 518 g/mol. The molecule has 1 atom stereocenters. The van der Waals surface area contributed by atoms with Crippen LogP contribution in [0.5, 0.6) is 0 Å². The summed E-state index contributed by atoms with van der Waals surface area (Å²) >= 11 is 13.8. The lowest BCUT2D eigenvalue weighted by molar-refractivity contribution is -0.139. The van der Waals surface area contributed by atoms with Crippen molar-refractivity contribution in [2.45, 2.75) is 44.6 Å². The first-order valence-corrected chi connectivity index (χ1v) is 13.5. The summed E-state index contributed by atoms with van der Waals surface area (Å²) in [7, 11) is 0. The third kappa shape index (κ3) is 7.99. The van der Waals surface area contributed by atoms with Gasteiger partial charge in [0, 0.05) is 40.4 Å². The monoisotopic (exact) mass is 546 g/mol. The molecule has 0 aliphatic carbocycles. The number of carbonyl (C=O) groups excluding carboxylic acids is 2. The second-order valence-corrected chi connectivity index (χ2v) is 10.5. The van der Waals surface area contributed by atoms with E-state index in [4.69, 9.17) is 23.2 Å². The van der Waals surface area contributed by atoms with Crippen LogP contribution < -0.4 is 5.32 Å². The molecule has 2 amide bonds. The van der Waals surface area contributed by atoms with E-state index in [2.05, 4.69) is 5.32 Å². The van der Waals surface area contributed by atoms with Gasteiger partial charge < -0.3 is 10.2 Å². The van der Waals surface area contributed by atoms with Crippen LogP contribution in [-0.4, -0.2) is 34.6 Å². The van der Waals surface area contributed by atoms with Crippen LogP contribution in [-0.2, 0) is 28.3 Å². The minimum absolute atomic E-state index is 0.0510. The van der Waals surface area contributed by atoms with Crippen molar-refractivity contribution < 1.29 is 14.0 Å². The Labute approximate surface area is 226 Å². The summed E-state index contributed by atoms with van der Waals surface area (Å²) in [6, 6.07) is 20.5. The molecule has 1 N–H and O–H groups in total. The summed E-state index contributed by atoms with van der Waals surface area (Å²) in [6.07, 6.45) is 0.347. The Morgan fingerprint density at radius 2 is 1.61 bits per heavy atom. The number of nitrogens with zero attached hydrogens (tertiary/aromatic N) is 1. The van der Waals surface area contributed by atoms with E-state index in [0.29, 0.717) is 22.0 Å². The van der Waals surface area contributed by atoms with E-state index in [1.807, 2.05) is 62.4 Å².